The van der Waals surface area contributed by atoms with Crippen LogP contribution in [0.5, 0.6) is 0 Å². The highest BCUT2D eigenvalue weighted by Gasteiger charge is 2.36. The van der Waals surface area contributed by atoms with Gasteiger partial charge in [-0.2, -0.15) is 0 Å². The Bertz CT molecular complexity index is 474. The molecule has 0 radical (unpaired) electrons. The Labute approximate surface area is 114 Å². The van der Waals surface area contributed by atoms with Gasteiger partial charge in [0.2, 0.25) is 5.91 Å². The van der Waals surface area contributed by atoms with Gasteiger partial charge in [0.25, 0.3) is 0 Å². The highest BCUT2D eigenvalue weighted by atomic mass is 16.1. The van der Waals surface area contributed by atoms with Crippen molar-refractivity contribution >= 4 is 5.91 Å². The highest BCUT2D eigenvalue weighted by Crippen LogP contribution is 2.28. The van der Waals surface area contributed by atoms with E-state index in [1.165, 1.54) is 32.4 Å². The Morgan fingerprint density at radius 2 is 2.26 bits per heavy atom. The van der Waals surface area contributed by atoms with Crippen molar-refractivity contribution in [2.24, 2.45) is 5.73 Å². The van der Waals surface area contributed by atoms with E-state index in [4.69, 9.17) is 5.73 Å². The normalized spacial score (nSPS) is 26.5. The van der Waals surface area contributed by atoms with E-state index in [0.29, 0.717) is 11.6 Å². The Morgan fingerprint density at radius 3 is 3.11 bits per heavy atom. The number of carbonyl (C=O) groups excluding carboxylic acids is 1. The largest absolute Gasteiger partial charge is 0.366 e. The first kappa shape index (κ1) is 12.6. The molecular formula is C15H21N3O. The van der Waals surface area contributed by atoms with Crippen LogP contribution in [0.2, 0.25) is 0 Å². The lowest BCUT2D eigenvalue weighted by atomic mass is 10.1. The number of rotatable bonds is 4. The summed E-state index contributed by atoms with van der Waals surface area (Å²) in [7, 11) is 0. The first-order valence-electron chi connectivity index (χ1n) is 7.10. The molecule has 2 heterocycles. The molecule has 1 aromatic rings. The number of benzene rings is 1. The van der Waals surface area contributed by atoms with Crippen molar-refractivity contribution < 1.29 is 4.79 Å². The Kier molecular flexibility index (Phi) is 3.53. The lowest BCUT2D eigenvalue weighted by Gasteiger charge is -2.21. The summed E-state index contributed by atoms with van der Waals surface area (Å²) in [6.07, 6.45) is 3.89. The number of nitrogens with two attached hydrogens (primary N) is 1. The molecule has 19 heavy (non-hydrogen) atoms. The molecule has 0 saturated carbocycles. The molecule has 1 aromatic carbocycles. The first-order valence-corrected chi connectivity index (χ1v) is 7.10. The Balaban J connectivity index is 1.60. The Morgan fingerprint density at radius 1 is 1.37 bits per heavy atom. The summed E-state index contributed by atoms with van der Waals surface area (Å²) < 4.78 is 0. The molecule has 2 fully saturated rings. The van der Waals surface area contributed by atoms with E-state index in [0.717, 1.165) is 18.2 Å². The molecule has 2 saturated heterocycles. The zero-order valence-corrected chi connectivity index (χ0v) is 11.1. The maximum Gasteiger partial charge on any atom is 0.248 e. The smallest absolute Gasteiger partial charge is 0.248 e. The van der Waals surface area contributed by atoms with E-state index >= 15 is 0 Å². The van der Waals surface area contributed by atoms with Crippen LogP contribution in [0.4, 0.5) is 0 Å². The molecule has 0 aromatic heterocycles. The number of fused-ring (bicyclic) bond motifs is 1. The summed E-state index contributed by atoms with van der Waals surface area (Å²) in [6, 6.07) is 8.91. The maximum atomic E-state index is 11.2. The lowest BCUT2D eigenvalue weighted by Crippen LogP contribution is -2.38. The van der Waals surface area contributed by atoms with E-state index < -0.39 is 0 Å². The minimum absolute atomic E-state index is 0.357. The molecule has 0 spiro atoms. The van der Waals surface area contributed by atoms with Gasteiger partial charge in [-0.05, 0) is 43.5 Å². The van der Waals surface area contributed by atoms with Gasteiger partial charge in [-0.1, -0.05) is 12.1 Å². The number of hydrogen-bond acceptors (Lipinski definition) is 3. The summed E-state index contributed by atoms with van der Waals surface area (Å²) in [6.45, 7) is 3.31. The lowest BCUT2D eigenvalue weighted by molar-refractivity contribution is 0.1000. The second-order valence-electron chi connectivity index (χ2n) is 5.59. The standard InChI is InChI=1S/C15H21N3O/c16-15(19)12-4-1-3-11(9-12)10-17-13-6-8-18-7-2-5-14(13)18/h1,3-4,9,13-14,17H,2,5-8,10H2,(H2,16,19). The van der Waals surface area contributed by atoms with Crippen LogP contribution in [-0.2, 0) is 6.54 Å². The average Bonchev–Trinajstić information content (AvgIpc) is 3.00. The third kappa shape index (κ3) is 2.65. The summed E-state index contributed by atoms with van der Waals surface area (Å²) in [5, 5.41) is 3.64. The second kappa shape index (κ2) is 5.31. The molecular weight excluding hydrogens is 238 g/mol. The molecule has 2 atom stereocenters. The fourth-order valence-corrected chi connectivity index (χ4v) is 3.40. The van der Waals surface area contributed by atoms with Gasteiger partial charge in [0.05, 0.1) is 0 Å². The van der Waals surface area contributed by atoms with Crippen LogP contribution in [0.1, 0.15) is 35.2 Å². The van der Waals surface area contributed by atoms with E-state index in [-0.39, 0.29) is 5.91 Å². The summed E-state index contributed by atoms with van der Waals surface area (Å²) in [4.78, 5) is 13.8. The van der Waals surface area contributed by atoms with Crippen molar-refractivity contribution in [3.8, 4) is 0 Å². The van der Waals surface area contributed by atoms with Crippen molar-refractivity contribution in [2.45, 2.75) is 37.9 Å². The third-order valence-electron chi connectivity index (χ3n) is 4.39. The molecule has 102 valence electrons. The van der Waals surface area contributed by atoms with Crippen molar-refractivity contribution in [1.29, 1.82) is 0 Å². The molecule has 4 nitrogen and oxygen atoms in total. The van der Waals surface area contributed by atoms with Gasteiger partial charge in [0.1, 0.15) is 0 Å². The molecule has 2 aliphatic heterocycles. The van der Waals surface area contributed by atoms with Gasteiger partial charge < -0.3 is 11.1 Å². The minimum atomic E-state index is -0.357. The van der Waals surface area contributed by atoms with Crippen LogP contribution in [-0.4, -0.2) is 36.0 Å². The van der Waals surface area contributed by atoms with Crippen LogP contribution in [0.15, 0.2) is 24.3 Å². The van der Waals surface area contributed by atoms with Crippen LogP contribution < -0.4 is 11.1 Å². The van der Waals surface area contributed by atoms with E-state index in [2.05, 4.69) is 10.2 Å². The summed E-state index contributed by atoms with van der Waals surface area (Å²) in [5.74, 6) is -0.357. The van der Waals surface area contributed by atoms with Gasteiger partial charge in [-0.3, -0.25) is 9.69 Å². The number of nitrogens with one attached hydrogen (secondary N) is 1. The summed E-state index contributed by atoms with van der Waals surface area (Å²) in [5.41, 5.74) is 7.03. The van der Waals surface area contributed by atoms with Crippen molar-refractivity contribution in [2.75, 3.05) is 13.1 Å². The monoisotopic (exact) mass is 259 g/mol. The molecule has 3 rings (SSSR count). The molecule has 0 bridgehead atoms. The van der Waals surface area contributed by atoms with Crippen LogP contribution in [0.3, 0.4) is 0 Å². The van der Waals surface area contributed by atoms with Crippen LogP contribution >= 0.6 is 0 Å². The molecule has 3 N–H and O–H groups in total. The average molecular weight is 259 g/mol. The van der Waals surface area contributed by atoms with Crippen LogP contribution in [0.25, 0.3) is 0 Å². The predicted molar refractivity (Wildman–Crippen MR) is 74.8 cm³/mol. The van der Waals surface area contributed by atoms with Crippen molar-refractivity contribution in [1.82, 2.24) is 10.2 Å². The van der Waals surface area contributed by atoms with Gasteiger partial charge in [0.15, 0.2) is 0 Å². The molecule has 4 heteroatoms. The zero-order chi connectivity index (χ0) is 13.2. The van der Waals surface area contributed by atoms with Gasteiger partial charge in [-0.25, -0.2) is 0 Å². The van der Waals surface area contributed by atoms with Gasteiger partial charge in [0, 0.05) is 30.7 Å². The number of nitrogens with zero attached hydrogens (tertiary/aromatic N) is 1. The molecule has 2 unspecified atom stereocenters. The minimum Gasteiger partial charge on any atom is -0.366 e. The van der Waals surface area contributed by atoms with E-state index in [1.54, 1.807) is 6.07 Å². The van der Waals surface area contributed by atoms with E-state index in [9.17, 15) is 4.79 Å². The molecule has 0 aliphatic carbocycles. The number of amides is 1. The molecule has 1 amide bonds. The SMILES string of the molecule is NC(=O)c1cccc(CNC2CCN3CCCC23)c1. The predicted octanol–water partition coefficient (Wildman–Crippen LogP) is 1.11. The molecule has 2 aliphatic rings. The van der Waals surface area contributed by atoms with Crippen LogP contribution in [0, 0.1) is 0 Å². The highest BCUT2D eigenvalue weighted by molar-refractivity contribution is 5.92. The van der Waals surface area contributed by atoms with Gasteiger partial charge >= 0.3 is 0 Å². The fourth-order valence-electron chi connectivity index (χ4n) is 3.40. The number of hydrogen-bond donors (Lipinski definition) is 2. The quantitative estimate of drug-likeness (QED) is 0.851. The first-order chi connectivity index (χ1) is 9.24. The summed E-state index contributed by atoms with van der Waals surface area (Å²) >= 11 is 0. The number of carbonyl (C=O) groups is 1. The topological polar surface area (TPSA) is 58.4 Å². The Hall–Kier alpha value is -1.39. The van der Waals surface area contributed by atoms with Crippen molar-refractivity contribution in [3.63, 3.8) is 0 Å². The zero-order valence-electron chi connectivity index (χ0n) is 11.1. The van der Waals surface area contributed by atoms with E-state index in [1.807, 2.05) is 18.2 Å². The van der Waals surface area contributed by atoms with Crippen molar-refractivity contribution in [3.05, 3.63) is 35.4 Å². The number of primary amides is 1. The third-order valence-corrected chi connectivity index (χ3v) is 4.39. The van der Waals surface area contributed by atoms with Gasteiger partial charge in [-0.15, -0.1) is 0 Å². The maximum absolute atomic E-state index is 11.2. The second-order valence-corrected chi connectivity index (χ2v) is 5.59. The fraction of sp³-hybridized carbons (Fsp3) is 0.533.